The first-order valence-electron chi connectivity index (χ1n) is 7.26. The molecule has 0 spiro atoms. The smallest absolute Gasteiger partial charge is 0.0326 e. The van der Waals surface area contributed by atoms with Crippen molar-refractivity contribution in [2.75, 3.05) is 6.54 Å². The van der Waals surface area contributed by atoms with Crippen LogP contribution < -0.4 is 5.32 Å². The number of hydrogen-bond acceptors (Lipinski definition) is 3. The van der Waals surface area contributed by atoms with E-state index in [1.807, 2.05) is 23.1 Å². The molecule has 0 fully saturated rings. The fourth-order valence-corrected chi connectivity index (χ4v) is 4.02. The number of thioether (sulfide) groups is 1. The van der Waals surface area contributed by atoms with Crippen LogP contribution in [0.3, 0.4) is 0 Å². The minimum Gasteiger partial charge on any atom is -0.310 e. The van der Waals surface area contributed by atoms with E-state index in [1.54, 1.807) is 0 Å². The van der Waals surface area contributed by atoms with Crippen molar-refractivity contribution in [3.05, 3.63) is 51.7 Å². The average Bonchev–Trinajstić information content (AvgIpc) is 2.94. The van der Waals surface area contributed by atoms with Crippen LogP contribution in [0.5, 0.6) is 0 Å². The van der Waals surface area contributed by atoms with Gasteiger partial charge in [0.1, 0.15) is 0 Å². The molecule has 2 aromatic rings. The zero-order valence-electron chi connectivity index (χ0n) is 12.5. The summed E-state index contributed by atoms with van der Waals surface area (Å²) >= 11 is 3.86. The molecule has 1 aromatic heterocycles. The molecule has 1 N–H and O–H groups in total. The van der Waals surface area contributed by atoms with E-state index < -0.39 is 0 Å². The Kier molecular flexibility index (Phi) is 6.14. The van der Waals surface area contributed by atoms with Crippen LogP contribution in [-0.2, 0) is 12.2 Å². The molecule has 0 aliphatic heterocycles. The van der Waals surface area contributed by atoms with E-state index in [4.69, 9.17) is 0 Å². The van der Waals surface area contributed by atoms with E-state index in [-0.39, 0.29) is 0 Å². The van der Waals surface area contributed by atoms with Gasteiger partial charge in [-0.05, 0) is 49.7 Å². The monoisotopic (exact) mass is 305 g/mol. The van der Waals surface area contributed by atoms with E-state index in [9.17, 15) is 0 Å². The van der Waals surface area contributed by atoms with Gasteiger partial charge >= 0.3 is 0 Å². The Labute approximate surface area is 130 Å². The number of benzene rings is 1. The lowest BCUT2D eigenvalue weighted by atomic mass is 10.1. The van der Waals surface area contributed by atoms with Gasteiger partial charge in [0.2, 0.25) is 0 Å². The first-order valence-corrected chi connectivity index (χ1v) is 9.06. The van der Waals surface area contributed by atoms with Gasteiger partial charge in [0.05, 0.1) is 0 Å². The summed E-state index contributed by atoms with van der Waals surface area (Å²) in [5.74, 6) is 1.08. The molecule has 1 heterocycles. The van der Waals surface area contributed by atoms with Crippen molar-refractivity contribution in [3.8, 4) is 0 Å². The van der Waals surface area contributed by atoms with Crippen LogP contribution in [0.15, 0.2) is 41.3 Å². The zero-order valence-corrected chi connectivity index (χ0v) is 14.1. The van der Waals surface area contributed by atoms with E-state index in [0.29, 0.717) is 6.04 Å². The fraction of sp³-hybridized carbons (Fsp3) is 0.412. The van der Waals surface area contributed by atoms with Gasteiger partial charge in [-0.15, -0.1) is 23.1 Å². The molecule has 1 unspecified atom stereocenters. The summed E-state index contributed by atoms with van der Waals surface area (Å²) in [6.45, 7) is 7.58. The number of aryl methyl sites for hydroxylation is 1. The fourth-order valence-electron chi connectivity index (χ4n) is 2.12. The van der Waals surface area contributed by atoms with Crippen molar-refractivity contribution in [2.24, 2.45) is 0 Å². The molecule has 2 rings (SSSR count). The van der Waals surface area contributed by atoms with E-state index in [0.717, 1.165) is 18.7 Å². The highest BCUT2D eigenvalue weighted by Crippen LogP contribution is 2.28. The van der Waals surface area contributed by atoms with Gasteiger partial charge in [-0.1, -0.05) is 26.0 Å². The molecule has 3 heteroatoms. The maximum absolute atomic E-state index is 3.44. The highest BCUT2D eigenvalue weighted by Gasteiger charge is 2.04. The summed E-state index contributed by atoms with van der Waals surface area (Å²) < 4.78 is 0. The molecule has 1 aromatic carbocycles. The van der Waals surface area contributed by atoms with E-state index >= 15 is 0 Å². The van der Waals surface area contributed by atoms with Crippen LogP contribution in [0.1, 0.15) is 42.1 Å². The topological polar surface area (TPSA) is 12.0 Å². The molecule has 0 bridgehead atoms. The first-order chi connectivity index (χ1) is 9.72. The lowest BCUT2D eigenvalue weighted by Crippen LogP contribution is -2.17. The van der Waals surface area contributed by atoms with Crippen LogP contribution in [0, 0.1) is 0 Å². The molecule has 1 nitrogen and oxygen atoms in total. The minimum absolute atomic E-state index is 0.434. The Balaban J connectivity index is 1.90. The maximum atomic E-state index is 3.44. The second-order valence-electron chi connectivity index (χ2n) is 4.86. The second kappa shape index (κ2) is 7.87. The molecular weight excluding hydrogens is 282 g/mol. The summed E-state index contributed by atoms with van der Waals surface area (Å²) in [5.41, 5.74) is 1.36. The summed E-state index contributed by atoms with van der Waals surface area (Å²) in [4.78, 5) is 4.30. The summed E-state index contributed by atoms with van der Waals surface area (Å²) in [5, 5.41) is 3.44. The number of hydrogen-bond donors (Lipinski definition) is 1. The number of rotatable bonds is 7. The third-order valence-corrected chi connectivity index (χ3v) is 5.81. The van der Waals surface area contributed by atoms with Crippen LogP contribution >= 0.6 is 23.1 Å². The SMILES string of the molecule is CCNC(C)c1ccc(SCc2ccc(CC)s2)cc1. The summed E-state index contributed by atoms with van der Waals surface area (Å²) in [7, 11) is 0. The number of thiophene rings is 1. The summed E-state index contributed by atoms with van der Waals surface area (Å²) in [6.07, 6.45) is 1.15. The van der Waals surface area contributed by atoms with Crippen LogP contribution in [0.4, 0.5) is 0 Å². The quantitative estimate of drug-likeness (QED) is 0.699. The molecule has 0 aliphatic rings. The Morgan fingerprint density at radius 2 is 1.75 bits per heavy atom. The molecule has 0 radical (unpaired) electrons. The van der Waals surface area contributed by atoms with Gasteiger partial charge in [0, 0.05) is 26.4 Å². The van der Waals surface area contributed by atoms with Gasteiger partial charge in [0.25, 0.3) is 0 Å². The van der Waals surface area contributed by atoms with Crippen molar-refractivity contribution < 1.29 is 0 Å². The van der Waals surface area contributed by atoms with Crippen LogP contribution in [0.25, 0.3) is 0 Å². The minimum atomic E-state index is 0.434. The zero-order chi connectivity index (χ0) is 14.4. The molecule has 0 aliphatic carbocycles. The molecule has 108 valence electrons. The van der Waals surface area contributed by atoms with Crippen LogP contribution in [0.2, 0.25) is 0 Å². The van der Waals surface area contributed by atoms with Crippen molar-refractivity contribution in [1.82, 2.24) is 5.32 Å². The predicted molar refractivity (Wildman–Crippen MR) is 91.8 cm³/mol. The normalized spacial score (nSPS) is 12.6. The maximum Gasteiger partial charge on any atom is 0.0326 e. The van der Waals surface area contributed by atoms with Gasteiger partial charge in [-0.2, -0.15) is 0 Å². The van der Waals surface area contributed by atoms with Crippen LogP contribution in [-0.4, -0.2) is 6.54 Å². The second-order valence-corrected chi connectivity index (χ2v) is 7.16. The number of nitrogens with one attached hydrogen (secondary N) is 1. The Morgan fingerprint density at radius 1 is 1.05 bits per heavy atom. The first kappa shape index (κ1) is 15.6. The lowest BCUT2D eigenvalue weighted by Gasteiger charge is -2.12. The third kappa shape index (κ3) is 4.37. The molecular formula is C17H23NS2. The van der Waals surface area contributed by atoms with Crippen molar-refractivity contribution >= 4 is 23.1 Å². The molecule has 0 saturated heterocycles. The standard InChI is InChI=1S/C17H23NS2/c1-4-15-10-11-17(20-15)12-19-16-8-6-14(7-9-16)13(3)18-5-2/h6-11,13,18H,4-5,12H2,1-3H3. The average molecular weight is 306 g/mol. The van der Waals surface area contributed by atoms with Crippen molar-refractivity contribution in [1.29, 1.82) is 0 Å². The summed E-state index contributed by atoms with van der Waals surface area (Å²) in [6, 6.07) is 13.9. The third-order valence-electron chi connectivity index (χ3n) is 3.34. The predicted octanol–water partition coefficient (Wildman–Crippen LogP) is 5.27. The van der Waals surface area contributed by atoms with E-state index in [1.165, 1.54) is 20.2 Å². The van der Waals surface area contributed by atoms with Gasteiger partial charge < -0.3 is 5.32 Å². The molecule has 20 heavy (non-hydrogen) atoms. The Hall–Kier alpha value is -0.770. The molecule has 0 saturated carbocycles. The Morgan fingerprint density at radius 3 is 2.35 bits per heavy atom. The Bertz CT molecular complexity index is 516. The lowest BCUT2D eigenvalue weighted by molar-refractivity contribution is 0.598. The van der Waals surface area contributed by atoms with Gasteiger partial charge in [0.15, 0.2) is 0 Å². The largest absolute Gasteiger partial charge is 0.310 e. The molecule has 0 amide bonds. The molecule has 1 atom stereocenters. The highest BCUT2D eigenvalue weighted by atomic mass is 32.2. The van der Waals surface area contributed by atoms with Gasteiger partial charge in [-0.25, -0.2) is 0 Å². The van der Waals surface area contributed by atoms with Crippen molar-refractivity contribution in [2.45, 2.75) is 43.9 Å². The van der Waals surface area contributed by atoms with Crippen molar-refractivity contribution in [3.63, 3.8) is 0 Å². The highest BCUT2D eigenvalue weighted by molar-refractivity contribution is 7.98. The van der Waals surface area contributed by atoms with Gasteiger partial charge in [-0.3, -0.25) is 0 Å². The van der Waals surface area contributed by atoms with E-state index in [2.05, 4.69) is 62.5 Å².